The molecule has 0 saturated carbocycles. The van der Waals surface area contributed by atoms with Gasteiger partial charge in [0, 0.05) is 77.3 Å². The average molecular weight is 917 g/mol. The molecule has 3 aromatic carbocycles. The number of aromatic nitrogens is 7. The average Bonchev–Trinajstić information content (AvgIpc) is 4.19. The number of carbonyl (C=O) groups is 6. The van der Waals surface area contributed by atoms with E-state index in [0.717, 1.165) is 72.5 Å². The number of para-hydroxylation sites is 1. The van der Waals surface area contributed by atoms with E-state index in [0.29, 0.717) is 54.5 Å². The highest BCUT2D eigenvalue weighted by atomic mass is 16.2. The number of nitrogens with one attached hydrogen (secondary N) is 7. The van der Waals surface area contributed by atoms with Crippen LogP contribution in [0.15, 0.2) is 78.0 Å². The normalized spacial score (nSPS) is 13.8. The molecule has 12 rings (SSSR count). The number of hydrogen-bond donors (Lipinski definition) is 7. The van der Waals surface area contributed by atoms with Gasteiger partial charge in [-0.2, -0.15) is 0 Å². The first-order valence-corrected chi connectivity index (χ1v) is 21.5. The molecule has 19 nitrogen and oxygen atoms in total. The van der Waals surface area contributed by atoms with E-state index >= 15 is 0 Å². The molecule has 0 atom stereocenters. The van der Waals surface area contributed by atoms with E-state index in [1.165, 1.54) is 11.9 Å². The zero-order valence-corrected chi connectivity index (χ0v) is 38.4. The molecule has 0 bridgehead atoms. The fourth-order valence-corrected chi connectivity index (χ4v) is 7.86. The van der Waals surface area contributed by atoms with Gasteiger partial charge < -0.3 is 21.3 Å². The third-order valence-electron chi connectivity index (χ3n) is 11.6. The summed E-state index contributed by atoms with van der Waals surface area (Å²) >= 11 is 0. The minimum Gasteiger partial charge on any atom is -0.348 e. The SMILES string of the molecule is Cc1cccc2c(=O)[nH][nH]c12.Cc1cccc2c1C(=O)NC2=O.Cc1cccc2c1CNC2=O.Cc1nc(C)c2c(n1)C(=O)NC2.Cc1nccc2c1CNC2=O.Cc1ncnc2c1CNC2=O. The summed E-state index contributed by atoms with van der Waals surface area (Å²) in [6.07, 6.45) is 3.08. The topological polar surface area (TPSA) is 276 Å². The molecule has 4 aromatic heterocycles. The van der Waals surface area contributed by atoms with Crippen LogP contribution in [0, 0.1) is 48.5 Å². The lowest BCUT2D eigenvalue weighted by Gasteiger charge is -2.00. The van der Waals surface area contributed by atoms with Crippen molar-refractivity contribution in [2.75, 3.05) is 0 Å². The van der Waals surface area contributed by atoms with Crippen LogP contribution in [-0.4, -0.2) is 70.6 Å². The van der Waals surface area contributed by atoms with Crippen LogP contribution in [0.5, 0.6) is 0 Å². The van der Waals surface area contributed by atoms with E-state index in [4.69, 9.17) is 0 Å². The van der Waals surface area contributed by atoms with Crippen LogP contribution in [0.4, 0.5) is 0 Å². The number of aromatic amines is 2. The van der Waals surface area contributed by atoms with Gasteiger partial charge in [-0.25, -0.2) is 19.9 Å². The Morgan fingerprint density at radius 1 is 0.441 bits per heavy atom. The highest BCUT2D eigenvalue weighted by Gasteiger charge is 2.28. The predicted molar refractivity (Wildman–Crippen MR) is 250 cm³/mol. The molecule has 5 aliphatic rings. The summed E-state index contributed by atoms with van der Waals surface area (Å²) in [5.41, 5.74) is 14.4. The largest absolute Gasteiger partial charge is 0.348 e. The van der Waals surface area contributed by atoms with E-state index in [1.54, 1.807) is 37.4 Å². The molecule has 19 heteroatoms. The number of H-pyrrole nitrogens is 2. The molecule has 7 aromatic rings. The van der Waals surface area contributed by atoms with Gasteiger partial charge in [0.05, 0.1) is 22.0 Å². The number of carbonyl (C=O) groups excluding carboxylic acids is 6. The van der Waals surface area contributed by atoms with Crippen molar-refractivity contribution >= 4 is 46.3 Å². The van der Waals surface area contributed by atoms with Gasteiger partial charge in [-0.1, -0.05) is 36.4 Å². The second kappa shape index (κ2) is 20.2. The number of nitrogens with zero attached hydrogens (tertiary/aromatic N) is 5. The Bertz CT molecular complexity index is 3090. The number of hydrogen-bond acceptors (Lipinski definition) is 12. The molecule has 7 N–H and O–H groups in total. The van der Waals surface area contributed by atoms with Gasteiger partial charge in [-0.15, -0.1) is 0 Å². The quantitative estimate of drug-likeness (QED) is 0.105. The summed E-state index contributed by atoms with van der Waals surface area (Å²) in [5.74, 6) is -0.0200. The number of imide groups is 1. The van der Waals surface area contributed by atoms with Crippen molar-refractivity contribution in [3.8, 4) is 0 Å². The van der Waals surface area contributed by atoms with Crippen LogP contribution in [0.25, 0.3) is 10.9 Å². The number of amides is 6. The van der Waals surface area contributed by atoms with Crippen molar-refractivity contribution in [2.24, 2.45) is 0 Å². The second-order valence-corrected chi connectivity index (χ2v) is 16.1. The first-order valence-electron chi connectivity index (χ1n) is 21.5. The lowest BCUT2D eigenvalue weighted by Crippen LogP contribution is -2.20. The molecule has 0 unspecified atom stereocenters. The Hall–Kier alpha value is -8.74. The number of fused-ring (bicyclic) bond motifs is 6. The Morgan fingerprint density at radius 2 is 1.00 bits per heavy atom. The summed E-state index contributed by atoms with van der Waals surface area (Å²) < 4.78 is 0. The van der Waals surface area contributed by atoms with E-state index in [-0.39, 0.29) is 41.0 Å². The Balaban J connectivity index is 0.000000121. The molecule has 0 fully saturated rings. The lowest BCUT2D eigenvalue weighted by atomic mass is 10.0. The zero-order valence-electron chi connectivity index (χ0n) is 38.4. The van der Waals surface area contributed by atoms with E-state index in [1.807, 2.05) is 77.9 Å². The first-order chi connectivity index (χ1) is 32.5. The smallest absolute Gasteiger partial charge is 0.271 e. The molecule has 68 heavy (non-hydrogen) atoms. The first kappa shape index (κ1) is 47.2. The molecule has 0 radical (unpaired) electrons. The van der Waals surface area contributed by atoms with Gasteiger partial charge in [-0.3, -0.25) is 54.1 Å². The fraction of sp³-hybridized carbons (Fsp3) is 0.224. The lowest BCUT2D eigenvalue weighted by molar-refractivity contribution is 0.0874. The highest BCUT2D eigenvalue weighted by Crippen LogP contribution is 2.21. The molecule has 346 valence electrons. The summed E-state index contributed by atoms with van der Waals surface area (Å²) in [6, 6.07) is 18.4. The Kier molecular flexibility index (Phi) is 14.0. The van der Waals surface area contributed by atoms with Gasteiger partial charge in [0.25, 0.3) is 41.0 Å². The highest BCUT2D eigenvalue weighted by molar-refractivity contribution is 6.22. The van der Waals surface area contributed by atoms with Crippen LogP contribution in [0.3, 0.4) is 0 Å². The summed E-state index contributed by atoms with van der Waals surface area (Å²) in [4.78, 5) is 97.9. The predicted octanol–water partition coefficient (Wildman–Crippen LogP) is 4.28. The van der Waals surface area contributed by atoms with Crippen molar-refractivity contribution in [1.29, 1.82) is 0 Å². The van der Waals surface area contributed by atoms with Gasteiger partial charge >= 0.3 is 0 Å². The van der Waals surface area contributed by atoms with Gasteiger partial charge in [0.15, 0.2) is 0 Å². The van der Waals surface area contributed by atoms with E-state index in [2.05, 4.69) is 61.7 Å². The second-order valence-electron chi connectivity index (χ2n) is 16.1. The monoisotopic (exact) mass is 916 g/mol. The molecule has 0 spiro atoms. The van der Waals surface area contributed by atoms with E-state index < -0.39 is 0 Å². The third kappa shape index (κ3) is 10.1. The molecule has 5 aliphatic heterocycles. The molecular formula is C49H48N12O7. The molecule has 0 saturated heterocycles. The van der Waals surface area contributed by atoms with E-state index in [9.17, 15) is 33.6 Å². The molecular weight excluding hydrogens is 869 g/mol. The Labute approximate surface area is 389 Å². The fourth-order valence-electron chi connectivity index (χ4n) is 7.86. The summed E-state index contributed by atoms with van der Waals surface area (Å²) in [6.45, 7) is 15.8. The van der Waals surface area contributed by atoms with Gasteiger partial charge in [-0.05, 0) is 95.0 Å². The number of pyridine rings is 1. The number of benzene rings is 3. The van der Waals surface area contributed by atoms with Gasteiger partial charge in [0.1, 0.15) is 23.5 Å². The van der Waals surface area contributed by atoms with Crippen molar-refractivity contribution in [1.82, 2.24) is 61.7 Å². The molecule has 0 aliphatic carbocycles. The van der Waals surface area contributed by atoms with Crippen molar-refractivity contribution in [2.45, 2.75) is 74.6 Å². The minimum absolute atomic E-state index is 0.0190. The molecule has 6 amide bonds. The maximum absolute atomic E-state index is 11.2. The maximum atomic E-state index is 11.2. The summed E-state index contributed by atoms with van der Waals surface area (Å²) in [7, 11) is 0. The Morgan fingerprint density at radius 3 is 1.65 bits per heavy atom. The number of aryl methyl sites for hydroxylation is 7. The van der Waals surface area contributed by atoms with Gasteiger partial charge in [0.2, 0.25) is 0 Å². The zero-order chi connectivity index (χ0) is 48.8. The standard InChI is InChI=1S/C9H7NO2.C9H9NO.C8H9N3O.2C8H8N2O.C7H7N3O/c1-5-3-2-4-6-7(5)9(12)10-8(6)11;1-6-3-2-4-7-8(6)5-10-9(7)11;1-4-6-3-9-8(12)7(6)11-5(2)10-4;1-5-7-4-10-8(11)6(7)2-3-9-5;1-5-3-2-4-6-7(5)9-10-8(6)11;1-4-5-2-8-7(11)6(5)10-3-9-4/h2-4H,1H3,(H,10,11,12);2-4H,5H2,1H3,(H,10,11);3H2,1-2H3,(H,9,12);2-3H,4H2,1H3,(H,10,11);2-4H,1H3,(H2,9,10,11);3H,2H2,1H3,(H,8,11). The summed E-state index contributed by atoms with van der Waals surface area (Å²) in [5, 5.41) is 19.3. The van der Waals surface area contributed by atoms with Crippen LogP contribution in [0.2, 0.25) is 0 Å². The van der Waals surface area contributed by atoms with Crippen molar-refractivity contribution in [3.05, 3.63) is 179 Å². The van der Waals surface area contributed by atoms with Crippen LogP contribution in [-0.2, 0) is 26.2 Å². The van der Waals surface area contributed by atoms with Crippen LogP contribution < -0.4 is 32.1 Å². The van der Waals surface area contributed by atoms with Crippen LogP contribution in [0.1, 0.15) is 124 Å². The molecule has 9 heterocycles. The van der Waals surface area contributed by atoms with Crippen LogP contribution >= 0.6 is 0 Å². The number of rotatable bonds is 0. The maximum Gasteiger partial charge on any atom is 0.271 e. The third-order valence-corrected chi connectivity index (χ3v) is 11.6. The van der Waals surface area contributed by atoms with Crippen molar-refractivity contribution in [3.63, 3.8) is 0 Å². The minimum atomic E-state index is -0.293. The van der Waals surface area contributed by atoms with Crippen molar-refractivity contribution < 1.29 is 28.8 Å².